The molecule has 0 aromatic heterocycles. The molecule has 0 aromatic rings. The van der Waals surface area contributed by atoms with Crippen molar-refractivity contribution in [3.8, 4) is 0 Å². The first-order valence-electron chi connectivity index (χ1n) is 6.58. The zero-order valence-corrected chi connectivity index (χ0v) is 12.1. The van der Waals surface area contributed by atoms with Crippen molar-refractivity contribution in [1.29, 1.82) is 0 Å². The molecule has 0 aromatic carbocycles. The average Bonchev–Trinajstić information content (AvgIpc) is 2.38. The number of rotatable bonds is 4. The van der Waals surface area contributed by atoms with Crippen molar-refractivity contribution in [3.05, 3.63) is 65.5 Å². The molecule has 1 aliphatic rings. The number of hydrogen-bond acceptors (Lipinski definition) is 0. The molecule has 0 amide bonds. The summed E-state index contributed by atoms with van der Waals surface area (Å²) in [5.74, 6) is 0.999. The Morgan fingerprint density at radius 2 is 2.11 bits per heavy atom. The lowest BCUT2D eigenvalue weighted by atomic mass is 9.71. The van der Waals surface area contributed by atoms with Gasteiger partial charge in [-0.05, 0) is 60.0 Å². The summed E-state index contributed by atoms with van der Waals surface area (Å²) in [6, 6.07) is 0. The van der Waals surface area contributed by atoms with Crippen molar-refractivity contribution in [3.63, 3.8) is 0 Å². The molecule has 0 N–H and O–H groups in total. The van der Waals surface area contributed by atoms with Crippen LogP contribution in [0.1, 0.15) is 34.1 Å². The molecule has 1 aliphatic carbocycles. The van der Waals surface area contributed by atoms with Gasteiger partial charge in [0.1, 0.15) is 0 Å². The van der Waals surface area contributed by atoms with Crippen LogP contribution in [0.25, 0.3) is 0 Å². The van der Waals surface area contributed by atoms with Crippen LogP contribution in [0.2, 0.25) is 0 Å². The largest absolute Gasteiger partial charge is 0.125 e. The van der Waals surface area contributed by atoms with Gasteiger partial charge in [0.25, 0.3) is 0 Å². The molecule has 96 valence electrons. The summed E-state index contributed by atoms with van der Waals surface area (Å²) in [5.41, 5.74) is 9.25. The molecular formula is C18H24. The highest BCUT2D eigenvalue weighted by atomic mass is 14.3. The topological polar surface area (TPSA) is 0 Å². The van der Waals surface area contributed by atoms with Crippen molar-refractivity contribution in [2.45, 2.75) is 34.1 Å². The average molecular weight is 240 g/mol. The van der Waals surface area contributed by atoms with E-state index in [-0.39, 0.29) is 0 Å². The Balaban J connectivity index is 3.41. The van der Waals surface area contributed by atoms with Gasteiger partial charge < -0.3 is 0 Å². The molecule has 0 bridgehead atoms. The van der Waals surface area contributed by atoms with Gasteiger partial charge in [0, 0.05) is 0 Å². The van der Waals surface area contributed by atoms with E-state index in [1.807, 2.05) is 6.08 Å². The summed E-state index contributed by atoms with van der Waals surface area (Å²) >= 11 is 0. The SMILES string of the molecule is C=C=C(C)C1=CC(C)=C(C(=C)C=C)C(CC)C1C. The van der Waals surface area contributed by atoms with Crippen LogP contribution in [0.4, 0.5) is 0 Å². The van der Waals surface area contributed by atoms with Gasteiger partial charge in [-0.2, -0.15) is 0 Å². The predicted molar refractivity (Wildman–Crippen MR) is 81.4 cm³/mol. The van der Waals surface area contributed by atoms with Crippen molar-refractivity contribution in [2.24, 2.45) is 11.8 Å². The van der Waals surface area contributed by atoms with Crippen LogP contribution in [-0.4, -0.2) is 0 Å². The van der Waals surface area contributed by atoms with Crippen LogP contribution in [0.3, 0.4) is 0 Å². The van der Waals surface area contributed by atoms with E-state index >= 15 is 0 Å². The summed E-state index contributed by atoms with van der Waals surface area (Å²) in [5, 5.41) is 0. The van der Waals surface area contributed by atoms with Gasteiger partial charge in [-0.15, -0.1) is 5.73 Å². The second kappa shape index (κ2) is 5.89. The fourth-order valence-electron chi connectivity index (χ4n) is 2.91. The van der Waals surface area contributed by atoms with Crippen molar-refractivity contribution >= 4 is 0 Å². The highest BCUT2D eigenvalue weighted by Gasteiger charge is 2.29. The van der Waals surface area contributed by atoms with Gasteiger partial charge in [0.05, 0.1) is 0 Å². The van der Waals surface area contributed by atoms with Gasteiger partial charge in [-0.25, -0.2) is 0 Å². The minimum atomic E-state index is 0.486. The van der Waals surface area contributed by atoms with Crippen LogP contribution in [0.5, 0.6) is 0 Å². The van der Waals surface area contributed by atoms with Gasteiger partial charge in [-0.1, -0.05) is 45.7 Å². The van der Waals surface area contributed by atoms with Crippen LogP contribution in [-0.2, 0) is 0 Å². The van der Waals surface area contributed by atoms with Crippen molar-refractivity contribution in [1.82, 2.24) is 0 Å². The lowest BCUT2D eigenvalue weighted by Gasteiger charge is -2.33. The first kappa shape index (κ1) is 14.5. The fraction of sp³-hybridized carbons (Fsp3) is 0.389. The Morgan fingerprint density at radius 3 is 2.56 bits per heavy atom. The van der Waals surface area contributed by atoms with Crippen LogP contribution < -0.4 is 0 Å². The molecule has 0 heterocycles. The zero-order valence-electron chi connectivity index (χ0n) is 12.1. The summed E-state index contributed by atoms with van der Waals surface area (Å²) in [7, 11) is 0. The van der Waals surface area contributed by atoms with E-state index in [0.717, 1.165) is 17.6 Å². The first-order chi connectivity index (χ1) is 8.47. The van der Waals surface area contributed by atoms with E-state index in [2.05, 4.69) is 59.2 Å². The summed E-state index contributed by atoms with van der Waals surface area (Å²) in [6.45, 7) is 20.5. The zero-order chi connectivity index (χ0) is 13.9. The normalized spacial score (nSPS) is 23.2. The van der Waals surface area contributed by atoms with Gasteiger partial charge in [0.15, 0.2) is 0 Å². The highest BCUT2D eigenvalue weighted by molar-refractivity contribution is 5.52. The Kier molecular flexibility index (Phi) is 4.76. The summed E-state index contributed by atoms with van der Waals surface area (Å²) in [6.07, 6.45) is 5.24. The number of allylic oxidation sites excluding steroid dienone is 7. The van der Waals surface area contributed by atoms with E-state index in [9.17, 15) is 0 Å². The third-order valence-corrected chi connectivity index (χ3v) is 3.99. The molecule has 2 unspecified atom stereocenters. The third-order valence-electron chi connectivity index (χ3n) is 3.99. The molecule has 0 radical (unpaired) electrons. The molecule has 0 saturated heterocycles. The van der Waals surface area contributed by atoms with E-state index in [1.165, 1.54) is 16.7 Å². The number of hydrogen-bond donors (Lipinski definition) is 0. The summed E-state index contributed by atoms with van der Waals surface area (Å²) < 4.78 is 0. The van der Waals surface area contributed by atoms with Gasteiger partial charge in [0.2, 0.25) is 0 Å². The minimum absolute atomic E-state index is 0.486. The van der Waals surface area contributed by atoms with E-state index in [0.29, 0.717) is 11.8 Å². The first-order valence-corrected chi connectivity index (χ1v) is 6.58. The Labute approximate surface area is 112 Å². The Hall–Kier alpha value is -1.52. The third kappa shape index (κ3) is 2.49. The maximum Gasteiger partial charge on any atom is -0.00626 e. The van der Waals surface area contributed by atoms with Crippen LogP contribution in [0.15, 0.2) is 65.5 Å². The Bertz CT molecular complexity index is 476. The van der Waals surface area contributed by atoms with E-state index in [1.54, 1.807) is 0 Å². The molecule has 0 heteroatoms. The molecule has 0 spiro atoms. The maximum absolute atomic E-state index is 4.13. The molecule has 18 heavy (non-hydrogen) atoms. The Morgan fingerprint density at radius 1 is 1.50 bits per heavy atom. The molecular weight excluding hydrogens is 216 g/mol. The fourth-order valence-corrected chi connectivity index (χ4v) is 2.91. The molecule has 1 rings (SSSR count). The van der Waals surface area contributed by atoms with E-state index in [4.69, 9.17) is 0 Å². The molecule has 0 nitrogen and oxygen atoms in total. The molecule has 0 saturated carbocycles. The second-order valence-electron chi connectivity index (χ2n) is 5.03. The quantitative estimate of drug-likeness (QED) is 0.457. The van der Waals surface area contributed by atoms with Crippen molar-refractivity contribution < 1.29 is 0 Å². The van der Waals surface area contributed by atoms with Crippen molar-refractivity contribution in [2.75, 3.05) is 0 Å². The predicted octanol–water partition coefficient (Wildman–Crippen LogP) is 5.38. The lowest BCUT2D eigenvalue weighted by molar-refractivity contribution is 0.450. The molecule has 2 atom stereocenters. The second-order valence-corrected chi connectivity index (χ2v) is 5.03. The van der Waals surface area contributed by atoms with Gasteiger partial charge >= 0.3 is 0 Å². The van der Waals surface area contributed by atoms with Crippen LogP contribution >= 0.6 is 0 Å². The van der Waals surface area contributed by atoms with Crippen LogP contribution in [0, 0.1) is 11.8 Å². The molecule has 0 aliphatic heterocycles. The maximum atomic E-state index is 4.13. The molecule has 0 fully saturated rings. The standard InChI is InChI=1S/C18H24/c1-8-12(4)17-11-14(6)18(13(5)9-2)16(10-3)15(17)7/h9,11,15-16H,1-2,5,10H2,3-4,6-7H3. The smallest absolute Gasteiger partial charge is 0.00626 e. The monoisotopic (exact) mass is 240 g/mol. The van der Waals surface area contributed by atoms with Gasteiger partial charge in [-0.3, -0.25) is 0 Å². The van der Waals surface area contributed by atoms with E-state index < -0.39 is 0 Å². The summed E-state index contributed by atoms with van der Waals surface area (Å²) in [4.78, 5) is 0. The lowest BCUT2D eigenvalue weighted by Crippen LogP contribution is -2.21. The minimum Gasteiger partial charge on any atom is -0.125 e. The highest BCUT2D eigenvalue weighted by Crippen LogP contribution is 2.41.